The van der Waals surface area contributed by atoms with E-state index in [1.165, 1.54) is 0 Å². The van der Waals surface area contributed by atoms with Gasteiger partial charge in [-0.2, -0.15) is 0 Å². The first-order valence-corrected chi connectivity index (χ1v) is 8.41. The molecule has 4 rings (SSSR count). The number of nitrogens with zero attached hydrogens (tertiary/aromatic N) is 1. The van der Waals surface area contributed by atoms with Gasteiger partial charge in [-0.15, -0.1) is 0 Å². The summed E-state index contributed by atoms with van der Waals surface area (Å²) in [5, 5.41) is 1.88. The lowest BCUT2D eigenvalue weighted by Crippen LogP contribution is -2.17. The van der Waals surface area contributed by atoms with E-state index >= 15 is 0 Å². The first-order valence-electron chi connectivity index (χ1n) is 7.20. The highest BCUT2D eigenvalue weighted by Gasteiger charge is 2.30. The predicted octanol–water partition coefficient (Wildman–Crippen LogP) is 3.00. The summed E-state index contributed by atoms with van der Waals surface area (Å²) in [7, 11) is -1.43. The van der Waals surface area contributed by atoms with Crippen molar-refractivity contribution in [2.75, 3.05) is 0 Å². The summed E-state index contributed by atoms with van der Waals surface area (Å²) in [4.78, 5) is 12.2. The van der Waals surface area contributed by atoms with Crippen LogP contribution in [0.1, 0.15) is 16.8 Å². The highest BCUT2D eigenvalue weighted by molar-refractivity contribution is 7.88. The number of benzene rings is 2. The molecule has 0 saturated heterocycles. The van der Waals surface area contributed by atoms with Gasteiger partial charge in [0.25, 0.3) is 0 Å². The standard InChI is InChI=1S/C18H13NO3S/c20-18-19(11-13-7-3-1-4-8-13)16-15(12-23(21)17(16)22-18)14-9-5-2-6-10-14/h1-10,12H,11H2. The highest BCUT2D eigenvalue weighted by atomic mass is 32.2. The molecule has 0 spiro atoms. The Balaban J connectivity index is 1.86. The van der Waals surface area contributed by atoms with Gasteiger partial charge in [0.05, 0.1) is 6.54 Å². The number of oxazole rings is 1. The third-order valence-electron chi connectivity index (χ3n) is 3.79. The van der Waals surface area contributed by atoms with Crippen LogP contribution in [0.3, 0.4) is 0 Å². The summed E-state index contributed by atoms with van der Waals surface area (Å²) < 4.78 is 19.1. The van der Waals surface area contributed by atoms with E-state index in [9.17, 15) is 9.00 Å². The minimum Gasteiger partial charge on any atom is -0.398 e. The summed E-state index contributed by atoms with van der Waals surface area (Å²) >= 11 is 0. The maximum Gasteiger partial charge on any atom is 0.420 e. The maximum absolute atomic E-state index is 12.3. The number of rotatable bonds is 3. The Morgan fingerprint density at radius 2 is 1.61 bits per heavy atom. The molecule has 3 aromatic rings. The minimum absolute atomic E-state index is 0.241. The fourth-order valence-electron chi connectivity index (χ4n) is 2.72. The average Bonchev–Trinajstić information content (AvgIpc) is 3.07. The normalized spacial score (nSPS) is 16.2. The van der Waals surface area contributed by atoms with E-state index in [1.807, 2.05) is 60.7 Å². The average molecular weight is 323 g/mol. The van der Waals surface area contributed by atoms with Crippen molar-refractivity contribution in [2.45, 2.75) is 11.6 Å². The van der Waals surface area contributed by atoms with Gasteiger partial charge >= 0.3 is 5.76 Å². The molecule has 0 bridgehead atoms. The Morgan fingerprint density at radius 1 is 0.957 bits per heavy atom. The van der Waals surface area contributed by atoms with E-state index in [1.54, 1.807) is 9.98 Å². The molecule has 0 aliphatic carbocycles. The van der Waals surface area contributed by atoms with Gasteiger partial charge in [-0.05, 0) is 11.1 Å². The van der Waals surface area contributed by atoms with Gasteiger partial charge in [-0.25, -0.2) is 9.00 Å². The van der Waals surface area contributed by atoms with E-state index in [-0.39, 0.29) is 5.09 Å². The topological polar surface area (TPSA) is 52.2 Å². The molecule has 1 unspecified atom stereocenters. The summed E-state index contributed by atoms with van der Waals surface area (Å²) in [6.07, 6.45) is 0. The third kappa shape index (κ3) is 2.39. The minimum atomic E-state index is -1.43. The number of fused-ring (bicyclic) bond motifs is 1. The third-order valence-corrected chi connectivity index (χ3v) is 4.89. The zero-order chi connectivity index (χ0) is 15.8. The van der Waals surface area contributed by atoms with Gasteiger partial charge in [-0.3, -0.25) is 4.57 Å². The molecule has 1 aliphatic rings. The highest BCUT2D eigenvalue weighted by Crippen LogP contribution is 2.35. The molecule has 0 saturated carbocycles. The van der Waals surface area contributed by atoms with Gasteiger partial charge in [0.2, 0.25) is 5.09 Å². The number of hydrogen-bond donors (Lipinski definition) is 0. The van der Waals surface area contributed by atoms with Gasteiger partial charge in [0.15, 0.2) is 0 Å². The molecule has 4 nitrogen and oxygen atoms in total. The molecule has 23 heavy (non-hydrogen) atoms. The van der Waals surface area contributed by atoms with Gasteiger partial charge in [0, 0.05) is 11.0 Å². The smallest absolute Gasteiger partial charge is 0.398 e. The van der Waals surface area contributed by atoms with Crippen LogP contribution in [0.25, 0.3) is 5.57 Å². The quantitative estimate of drug-likeness (QED) is 0.744. The van der Waals surface area contributed by atoms with Gasteiger partial charge in [0.1, 0.15) is 16.5 Å². The molecule has 1 atom stereocenters. The predicted molar refractivity (Wildman–Crippen MR) is 88.4 cm³/mol. The first-order chi connectivity index (χ1) is 11.2. The lowest BCUT2D eigenvalue weighted by Gasteiger charge is -2.08. The molecule has 5 heteroatoms. The Labute approximate surface area is 135 Å². The first kappa shape index (κ1) is 14.0. The Kier molecular flexibility index (Phi) is 3.35. The largest absolute Gasteiger partial charge is 0.420 e. The SMILES string of the molecule is O=c1oc2c(n1Cc1ccccc1)C(c1ccccc1)=CS2=O. The van der Waals surface area contributed by atoms with Crippen molar-refractivity contribution in [3.05, 3.63) is 93.4 Å². The Hall–Kier alpha value is -2.66. The van der Waals surface area contributed by atoms with Crippen LogP contribution in [0.5, 0.6) is 0 Å². The molecule has 0 N–H and O–H groups in total. The van der Waals surface area contributed by atoms with Crippen molar-refractivity contribution in [3.63, 3.8) is 0 Å². The molecule has 0 amide bonds. The molecule has 0 fully saturated rings. The van der Waals surface area contributed by atoms with Gasteiger partial charge in [-0.1, -0.05) is 60.7 Å². The summed E-state index contributed by atoms with van der Waals surface area (Å²) in [6, 6.07) is 19.3. The van der Waals surface area contributed by atoms with Crippen LogP contribution < -0.4 is 5.76 Å². The van der Waals surface area contributed by atoms with Crippen molar-refractivity contribution in [2.24, 2.45) is 0 Å². The van der Waals surface area contributed by atoms with Crippen LogP contribution in [-0.2, 0) is 17.3 Å². The molecule has 2 heterocycles. The van der Waals surface area contributed by atoms with Crippen LogP contribution in [0.4, 0.5) is 0 Å². The molecular formula is C18H13NO3S. The fourth-order valence-corrected chi connectivity index (χ4v) is 3.86. The van der Waals surface area contributed by atoms with Crippen LogP contribution in [0, 0.1) is 0 Å². The van der Waals surface area contributed by atoms with E-state index < -0.39 is 16.6 Å². The van der Waals surface area contributed by atoms with Crippen LogP contribution in [0.15, 0.2) is 80.4 Å². The second-order valence-corrected chi connectivity index (χ2v) is 6.47. The molecule has 1 aliphatic heterocycles. The second kappa shape index (κ2) is 5.52. The molecule has 1 aromatic heterocycles. The fraction of sp³-hybridized carbons (Fsp3) is 0.0556. The van der Waals surface area contributed by atoms with E-state index in [2.05, 4.69) is 0 Å². The molecular weight excluding hydrogens is 310 g/mol. The Morgan fingerprint density at radius 3 is 2.30 bits per heavy atom. The summed E-state index contributed by atoms with van der Waals surface area (Å²) in [5.74, 6) is -0.478. The maximum atomic E-state index is 12.3. The van der Waals surface area contributed by atoms with Crippen molar-refractivity contribution in [1.29, 1.82) is 0 Å². The number of hydrogen-bond acceptors (Lipinski definition) is 3. The monoisotopic (exact) mass is 323 g/mol. The molecule has 2 aromatic carbocycles. The Bertz CT molecular complexity index is 969. The summed E-state index contributed by atoms with van der Waals surface area (Å²) in [5.41, 5.74) is 3.30. The lowest BCUT2D eigenvalue weighted by molar-refractivity contribution is 0.416. The van der Waals surface area contributed by atoms with Crippen LogP contribution in [0.2, 0.25) is 0 Å². The summed E-state index contributed by atoms with van der Waals surface area (Å²) in [6.45, 7) is 0.389. The van der Waals surface area contributed by atoms with E-state index in [0.29, 0.717) is 12.2 Å². The van der Waals surface area contributed by atoms with E-state index in [0.717, 1.165) is 16.7 Å². The van der Waals surface area contributed by atoms with Crippen molar-refractivity contribution >= 4 is 16.4 Å². The van der Waals surface area contributed by atoms with Crippen molar-refractivity contribution < 1.29 is 8.63 Å². The van der Waals surface area contributed by atoms with Crippen molar-refractivity contribution in [1.82, 2.24) is 4.57 Å². The second-order valence-electron chi connectivity index (χ2n) is 5.27. The van der Waals surface area contributed by atoms with Crippen LogP contribution >= 0.6 is 0 Å². The number of aromatic nitrogens is 1. The lowest BCUT2D eigenvalue weighted by atomic mass is 10.1. The van der Waals surface area contributed by atoms with Crippen LogP contribution in [-0.4, -0.2) is 8.78 Å². The zero-order valence-electron chi connectivity index (χ0n) is 12.1. The zero-order valence-corrected chi connectivity index (χ0v) is 13.0. The van der Waals surface area contributed by atoms with E-state index in [4.69, 9.17) is 4.42 Å². The van der Waals surface area contributed by atoms with Gasteiger partial charge < -0.3 is 4.42 Å². The van der Waals surface area contributed by atoms with Crippen molar-refractivity contribution in [3.8, 4) is 0 Å². The molecule has 114 valence electrons. The molecule has 0 radical (unpaired) electrons.